The van der Waals surface area contributed by atoms with Gasteiger partial charge in [-0.25, -0.2) is 9.97 Å². The molecule has 0 N–H and O–H groups in total. The van der Waals surface area contributed by atoms with Gasteiger partial charge in [-0.15, -0.1) is 0 Å². The molecule has 2 aromatic carbocycles. The lowest BCUT2D eigenvalue weighted by Crippen LogP contribution is -2.01. The van der Waals surface area contributed by atoms with Gasteiger partial charge in [0.25, 0.3) is 0 Å². The van der Waals surface area contributed by atoms with E-state index in [0.717, 1.165) is 33.9 Å². The molecule has 1 aliphatic rings. The van der Waals surface area contributed by atoms with Gasteiger partial charge >= 0.3 is 0 Å². The van der Waals surface area contributed by atoms with Crippen molar-refractivity contribution in [2.75, 3.05) is 0 Å². The molecule has 0 radical (unpaired) electrons. The van der Waals surface area contributed by atoms with Crippen molar-refractivity contribution in [3.8, 4) is 22.6 Å². The predicted octanol–water partition coefficient (Wildman–Crippen LogP) is 6.35. The summed E-state index contributed by atoms with van der Waals surface area (Å²) in [7, 11) is 0. The minimum absolute atomic E-state index is 0.0375. The Balaban J connectivity index is 1.87. The van der Waals surface area contributed by atoms with Gasteiger partial charge in [0.1, 0.15) is 0 Å². The van der Waals surface area contributed by atoms with E-state index in [1.165, 1.54) is 0 Å². The Morgan fingerprint density at radius 1 is 0.704 bits per heavy atom. The second-order valence-corrected chi connectivity index (χ2v) is 7.33. The molecule has 4 rings (SSSR count). The maximum atomic E-state index is 4.88. The van der Waals surface area contributed by atoms with E-state index in [9.17, 15) is 0 Å². The van der Waals surface area contributed by atoms with E-state index in [1.54, 1.807) is 0 Å². The molecule has 3 aromatic rings. The summed E-state index contributed by atoms with van der Waals surface area (Å²) in [5, 5.41) is 0. The molecule has 1 aromatic heterocycles. The molecule has 0 saturated carbocycles. The van der Waals surface area contributed by atoms with Crippen LogP contribution in [-0.4, -0.2) is 9.97 Å². The molecule has 0 unspecified atom stereocenters. The Bertz CT molecular complexity index is 969. The number of allylic oxidation sites excluding steroid dienone is 6. The molecule has 0 atom stereocenters. The Morgan fingerprint density at radius 2 is 1.33 bits per heavy atom. The summed E-state index contributed by atoms with van der Waals surface area (Å²) in [5.74, 6) is 0.744. The molecular weight excluding hydrogens is 328 g/mol. The van der Waals surface area contributed by atoms with Crippen LogP contribution in [0.2, 0.25) is 0 Å². The van der Waals surface area contributed by atoms with Crippen molar-refractivity contribution in [3.63, 3.8) is 0 Å². The molecule has 1 aliphatic carbocycles. The number of aromatic nitrogens is 2. The predicted molar refractivity (Wildman–Crippen MR) is 113 cm³/mol. The van der Waals surface area contributed by atoms with Crippen molar-refractivity contribution >= 4 is 5.57 Å². The monoisotopic (exact) mass is 350 g/mol. The van der Waals surface area contributed by atoms with E-state index in [4.69, 9.17) is 9.97 Å². The maximum absolute atomic E-state index is 4.88. The molecule has 0 saturated heterocycles. The summed E-state index contributed by atoms with van der Waals surface area (Å²) in [6, 6.07) is 22.5. The SMILES string of the molecule is CC1(C)C=CC=C(c2cc(-c3ccccc3)nc(-c3ccccc3)n2)C=C1. The molecule has 27 heavy (non-hydrogen) atoms. The summed E-state index contributed by atoms with van der Waals surface area (Å²) >= 11 is 0. The van der Waals surface area contributed by atoms with Crippen molar-refractivity contribution < 1.29 is 0 Å². The van der Waals surface area contributed by atoms with E-state index in [-0.39, 0.29) is 5.41 Å². The van der Waals surface area contributed by atoms with Gasteiger partial charge in [-0.3, -0.25) is 0 Å². The van der Waals surface area contributed by atoms with Crippen LogP contribution in [0.3, 0.4) is 0 Å². The summed E-state index contributed by atoms with van der Waals surface area (Å²) in [6.07, 6.45) is 10.8. The molecule has 0 aliphatic heterocycles. The van der Waals surface area contributed by atoms with Crippen molar-refractivity contribution in [2.24, 2.45) is 5.41 Å². The van der Waals surface area contributed by atoms with Crippen LogP contribution < -0.4 is 0 Å². The fraction of sp³-hybridized carbons (Fsp3) is 0.120. The van der Waals surface area contributed by atoms with Crippen LogP contribution in [0.1, 0.15) is 19.5 Å². The largest absolute Gasteiger partial charge is 0.228 e. The first-order valence-electron chi connectivity index (χ1n) is 9.20. The van der Waals surface area contributed by atoms with E-state index in [0.29, 0.717) is 0 Å². The molecule has 0 bridgehead atoms. The van der Waals surface area contributed by atoms with Crippen LogP contribution in [0.5, 0.6) is 0 Å². The molecule has 2 heteroatoms. The van der Waals surface area contributed by atoms with Crippen molar-refractivity contribution in [3.05, 3.63) is 103 Å². The normalized spacial score (nSPS) is 15.3. The first-order valence-corrected chi connectivity index (χ1v) is 9.20. The van der Waals surface area contributed by atoms with Crippen LogP contribution in [0.25, 0.3) is 28.2 Å². The highest BCUT2D eigenvalue weighted by atomic mass is 14.9. The van der Waals surface area contributed by atoms with Crippen molar-refractivity contribution in [2.45, 2.75) is 13.8 Å². The third-order valence-electron chi connectivity index (χ3n) is 4.62. The lowest BCUT2D eigenvalue weighted by molar-refractivity contribution is 0.627. The number of benzene rings is 2. The van der Waals surface area contributed by atoms with Gasteiger partial charge in [-0.05, 0) is 11.6 Å². The Hall–Kier alpha value is -3.26. The topological polar surface area (TPSA) is 25.8 Å². The van der Waals surface area contributed by atoms with Crippen molar-refractivity contribution in [1.82, 2.24) is 9.97 Å². The summed E-state index contributed by atoms with van der Waals surface area (Å²) < 4.78 is 0. The first kappa shape index (κ1) is 17.2. The van der Waals surface area contributed by atoms with Gasteiger partial charge in [0.15, 0.2) is 5.82 Å². The number of nitrogens with zero attached hydrogens (tertiary/aromatic N) is 2. The average molecular weight is 350 g/mol. The summed E-state index contributed by atoms with van der Waals surface area (Å²) in [6.45, 7) is 4.39. The van der Waals surface area contributed by atoms with Crippen LogP contribution in [-0.2, 0) is 0 Å². The lowest BCUT2D eigenvalue weighted by Gasteiger charge is -2.13. The number of rotatable bonds is 3. The molecule has 1 heterocycles. The van der Waals surface area contributed by atoms with E-state index < -0.39 is 0 Å². The molecular formula is C25H22N2. The van der Waals surface area contributed by atoms with Gasteiger partial charge < -0.3 is 0 Å². The zero-order valence-corrected chi connectivity index (χ0v) is 15.6. The zero-order chi connectivity index (χ0) is 18.7. The van der Waals surface area contributed by atoms with Gasteiger partial charge in [0.2, 0.25) is 0 Å². The molecule has 0 fully saturated rings. The van der Waals surface area contributed by atoms with Gasteiger partial charge in [-0.2, -0.15) is 0 Å². The lowest BCUT2D eigenvalue weighted by atomic mass is 9.93. The zero-order valence-electron chi connectivity index (χ0n) is 15.6. The van der Waals surface area contributed by atoms with Crippen LogP contribution in [0, 0.1) is 5.41 Å². The Kier molecular flexibility index (Phi) is 4.55. The summed E-state index contributed by atoms with van der Waals surface area (Å²) in [5.41, 5.74) is 5.10. The standard InChI is InChI=1S/C25H22N2/c1-25(2)16-9-14-20(15-17-25)23-18-22(19-10-5-3-6-11-19)26-24(27-23)21-12-7-4-8-13-21/h3-18H,1-2H3. The Labute approximate surface area is 160 Å². The number of hydrogen-bond donors (Lipinski definition) is 0. The van der Waals surface area contributed by atoms with E-state index >= 15 is 0 Å². The minimum atomic E-state index is 0.0375. The third-order valence-corrected chi connectivity index (χ3v) is 4.62. The highest BCUT2D eigenvalue weighted by Gasteiger charge is 2.14. The average Bonchev–Trinajstić information content (AvgIpc) is 2.89. The minimum Gasteiger partial charge on any atom is -0.228 e. The quantitative estimate of drug-likeness (QED) is 0.550. The fourth-order valence-corrected chi connectivity index (χ4v) is 3.05. The van der Waals surface area contributed by atoms with E-state index in [1.807, 2.05) is 48.5 Å². The number of hydrogen-bond acceptors (Lipinski definition) is 2. The second-order valence-electron chi connectivity index (χ2n) is 7.33. The third kappa shape index (κ3) is 3.95. The molecule has 2 nitrogen and oxygen atoms in total. The van der Waals surface area contributed by atoms with E-state index in [2.05, 4.69) is 62.4 Å². The Morgan fingerprint density at radius 3 is 2.04 bits per heavy atom. The van der Waals surface area contributed by atoms with Crippen molar-refractivity contribution in [1.29, 1.82) is 0 Å². The highest BCUT2D eigenvalue weighted by Crippen LogP contribution is 2.29. The highest BCUT2D eigenvalue weighted by molar-refractivity contribution is 5.77. The maximum Gasteiger partial charge on any atom is 0.160 e. The van der Waals surface area contributed by atoms with Gasteiger partial charge in [0, 0.05) is 16.5 Å². The van der Waals surface area contributed by atoms with Crippen LogP contribution >= 0.6 is 0 Å². The second kappa shape index (κ2) is 7.16. The first-order chi connectivity index (χ1) is 13.1. The molecule has 132 valence electrons. The van der Waals surface area contributed by atoms with Crippen LogP contribution in [0.4, 0.5) is 0 Å². The molecule has 0 amide bonds. The smallest absolute Gasteiger partial charge is 0.160 e. The van der Waals surface area contributed by atoms with Gasteiger partial charge in [0.05, 0.1) is 11.4 Å². The molecule has 0 spiro atoms. The fourth-order valence-electron chi connectivity index (χ4n) is 3.05. The van der Waals surface area contributed by atoms with Crippen LogP contribution in [0.15, 0.2) is 97.1 Å². The summed E-state index contributed by atoms with van der Waals surface area (Å²) in [4.78, 5) is 9.72. The van der Waals surface area contributed by atoms with Gasteiger partial charge in [-0.1, -0.05) is 105 Å².